The molecule has 0 aliphatic heterocycles. The fourth-order valence-electron chi connectivity index (χ4n) is 1.30. The minimum atomic E-state index is -0.152. The predicted octanol–water partition coefficient (Wildman–Crippen LogP) is 3.64. The Kier molecular flexibility index (Phi) is 3.07. The smallest absolute Gasteiger partial charge is 0.132 e. The molecule has 0 aliphatic rings. The average molecular weight is 179 g/mol. The van der Waals surface area contributed by atoms with Crippen LogP contribution in [0.15, 0.2) is 24.4 Å². The molecule has 2 rings (SSSR count). The van der Waals surface area contributed by atoms with Gasteiger partial charge in [-0.15, -0.1) is 0 Å². The Morgan fingerprint density at radius 1 is 1.23 bits per heavy atom. The second-order valence-electron chi connectivity index (χ2n) is 2.63. The minimum Gasteiger partial charge on any atom is -0.361 e. The third-order valence-corrected chi connectivity index (χ3v) is 1.85. The van der Waals surface area contributed by atoms with Crippen molar-refractivity contribution in [1.29, 1.82) is 0 Å². The lowest BCUT2D eigenvalue weighted by Gasteiger charge is -1.91. The molecule has 1 N–H and O–H groups in total. The molecular weight excluding hydrogens is 165 g/mol. The van der Waals surface area contributed by atoms with Crippen LogP contribution in [0.2, 0.25) is 0 Å². The summed E-state index contributed by atoms with van der Waals surface area (Å²) in [6.45, 7) is 5.89. The molecule has 0 radical (unpaired) electrons. The van der Waals surface area contributed by atoms with Gasteiger partial charge in [0.2, 0.25) is 0 Å². The molecule has 70 valence electrons. The first-order valence-electron chi connectivity index (χ1n) is 4.51. The average Bonchev–Trinajstić information content (AvgIpc) is 2.53. The molecule has 0 atom stereocenters. The molecule has 0 spiro atoms. The van der Waals surface area contributed by atoms with Gasteiger partial charge in [-0.1, -0.05) is 19.9 Å². The molecule has 0 unspecified atom stereocenters. The van der Waals surface area contributed by atoms with Gasteiger partial charge in [0.1, 0.15) is 5.82 Å². The number of halogens is 1. The van der Waals surface area contributed by atoms with Gasteiger partial charge in [0, 0.05) is 17.1 Å². The van der Waals surface area contributed by atoms with E-state index in [0.29, 0.717) is 5.39 Å². The zero-order chi connectivity index (χ0) is 9.84. The van der Waals surface area contributed by atoms with Gasteiger partial charge < -0.3 is 4.98 Å². The van der Waals surface area contributed by atoms with Crippen LogP contribution in [0.25, 0.3) is 10.9 Å². The van der Waals surface area contributed by atoms with Crippen LogP contribution in [0.1, 0.15) is 19.4 Å². The molecule has 0 fully saturated rings. The van der Waals surface area contributed by atoms with Gasteiger partial charge in [0.15, 0.2) is 0 Å². The summed E-state index contributed by atoms with van der Waals surface area (Å²) in [5.41, 5.74) is 1.82. The van der Waals surface area contributed by atoms with Crippen LogP contribution in [0, 0.1) is 12.7 Å². The lowest BCUT2D eigenvalue weighted by molar-refractivity contribution is 0.639. The summed E-state index contributed by atoms with van der Waals surface area (Å²) >= 11 is 0. The van der Waals surface area contributed by atoms with Gasteiger partial charge in [-0.2, -0.15) is 0 Å². The van der Waals surface area contributed by atoms with Crippen molar-refractivity contribution in [1.82, 2.24) is 4.98 Å². The highest BCUT2D eigenvalue weighted by atomic mass is 19.1. The quantitative estimate of drug-likeness (QED) is 0.635. The van der Waals surface area contributed by atoms with E-state index in [9.17, 15) is 4.39 Å². The Labute approximate surface area is 77.6 Å². The second-order valence-corrected chi connectivity index (χ2v) is 2.63. The molecule has 13 heavy (non-hydrogen) atoms. The number of benzene rings is 1. The van der Waals surface area contributed by atoms with Crippen LogP contribution in [0.4, 0.5) is 4.39 Å². The Morgan fingerprint density at radius 3 is 2.54 bits per heavy atom. The Hall–Kier alpha value is -1.31. The summed E-state index contributed by atoms with van der Waals surface area (Å²) in [7, 11) is 0. The number of hydrogen-bond acceptors (Lipinski definition) is 0. The van der Waals surface area contributed by atoms with Crippen molar-refractivity contribution in [2.24, 2.45) is 0 Å². The van der Waals surface area contributed by atoms with Crippen LogP contribution < -0.4 is 0 Å². The lowest BCUT2D eigenvalue weighted by atomic mass is 10.2. The number of aromatic amines is 1. The maximum Gasteiger partial charge on any atom is 0.132 e. The highest BCUT2D eigenvalue weighted by Gasteiger charge is 2.02. The standard InChI is InChI=1S/C9H8FN.C2H6/c1-6-5-11-8-4-2-3-7(10)9(6)8;1-2/h2-5,11H,1H3;1-2H3. The van der Waals surface area contributed by atoms with E-state index in [4.69, 9.17) is 0 Å². The summed E-state index contributed by atoms with van der Waals surface area (Å²) in [4.78, 5) is 2.99. The highest BCUT2D eigenvalue weighted by molar-refractivity contribution is 5.83. The largest absolute Gasteiger partial charge is 0.361 e. The minimum absolute atomic E-state index is 0.152. The monoisotopic (exact) mass is 179 g/mol. The molecule has 1 nitrogen and oxygen atoms in total. The maximum atomic E-state index is 13.1. The number of rotatable bonds is 0. The Bertz CT molecular complexity index is 390. The Balaban J connectivity index is 0.000000396. The number of fused-ring (bicyclic) bond motifs is 1. The van der Waals surface area contributed by atoms with Gasteiger partial charge in [0.05, 0.1) is 0 Å². The van der Waals surface area contributed by atoms with Crippen molar-refractivity contribution < 1.29 is 4.39 Å². The van der Waals surface area contributed by atoms with E-state index in [0.717, 1.165) is 11.1 Å². The highest BCUT2D eigenvalue weighted by Crippen LogP contribution is 2.19. The molecule has 2 heteroatoms. The van der Waals surface area contributed by atoms with Gasteiger partial charge in [-0.3, -0.25) is 0 Å². The molecule has 0 aliphatic carbocycles. The summed E-state index contributed by atoms with van der Waals surface area (Å²) in [6.07, 6.45) is 1.81. The molecule has 0 saturated carbocycles. The zero-order valence-corrected chi connectivity index (χ0v) is 8.19. The van der Waals surface area contributed by atoms with Crippen molar-refractivity contribution in [3.8, 4) is 0 Å². The van der Waals surface area contributed by atoms with Crippen LogP contribution >= 0.6 is 0 Å². The maximum absolute atomic E-state index is 13.1. The van der Waals surface area contributed by atoms with Gasteiger partial charge in [0.25, 0.3) is 0 Å². The molecule has 1 heterocycles. The molecule has 1 aromatic heterocycles. The Morgan fingerprint density at radius 2 is 1.92 bits per heavy atom. The first kappa shape index (κ1) is 9.78. The van der Waals surface area contributed by atoms with Crippen LogP contribution in [-0.2, 0) is 0 Å². The van der Waals surface area contributed by atoms with Crippen molar-refractivity contribution in [2.75, 3.05) is 0 Å². The van der Waals surface area contributed by atoms with E-state index in [1.54, 1.807) is 6.07 Å². The van der Waals surface area contributed by atoms with E-state index in [2.05, 4.69) is 4.98 Å². The van der Waals surface area contributed by atoms with Crippen molar-refractivity contribution in [2.45, 2.75) is 20.8 Å². The summed E-state index contributed by atoms with van der Waals surface area (Å²) in [5.74, 6) is -0.152. The molecule has 2 aromatic rings. The van der Waals surface area contributed by atoms with Crippen molar-refractivity contribution in [3.63, 3.8) is 0 Å². The number of hydrogen-bond donors (Lipinski definition) is 1. The summed E-state index contributed by atoms with van der Waals surface area (Å²) in [5, 5.41) is 0.701. The number of nitrogens with one attached hydrogen (secondary N) is 1. The molecule has 0 amide bonds. The zero-order valence-electron chi connectivity index (χ0n) is 8.19. The third kappa shape index (κ3) is 1.72. The van der Waals surface area contributed by atoms with E-state index in [-0.39, 0.29) is 5.82 Å². The molecular formula is C11H14FN. The first-order chi connectivity index (χ1) is 6.29. The van der Waals surface area contributed by atoms with Crippen LogP contribution in [0.5, 0.6) is 0 Å². The third-order valence-electron chi connectivity index (χ3n) is 1.85. The molecule has 0 bridgehead atoms. The van der Waals surface area contributed by atoms with Gasteiger partial charge >= 0.3 is 0 Å². The van der Waals surface area contributed by atoms with E-state index in [1.807, 2.05) is 33.0 Å². The SMILES string of the molecule is CC.Cc1c[nH]c2cccc(F)c12. The van der Waals surface area contributed by atoms with Crippen molar-refractivity contribution in [3.05, 3.63) is 35.8 Å². The van der Waals surface area contributed by atoms with E-state index >= 15 is 0 Å². The summed E-state index contributed by atoms with van der Waals surface area (Å²) < 4.78 is 13.1. The van der Waals surface area contributed by atoms with Crippen molar-refractivity contribution >= 4 is 10.9 Å². The number of H-pyrrole nitrogens is 1. The fourth-order valence-corrected chi connectivity index (χ4v) is 1.30. The lowest BCUT2D eigenvalue weighted by Crippen LogP contribution is -1.75. The van der Waals surface area contributed by atoms with Gasteiger partial charge in [-0.05, 0) is 24.6 Å². The predicted molar refractivity (Wildman–Crippen MR) is 54.3 cm³/mol. The molecule has 1 aromatic carbocycles. The molecule has 0 saturated heterocycles. The number of aryl methyl sites for hydroxylation is 1. The van der Waals surface area contributed by atoms with E-state index < -0.39 is 0 Å². The second kappa shape index (κ2) is 4.08. The van der Waals surface area contributed by atoms with E-state index in [1.165, 1.54) is 6.07 Å². The van der Waals surface area contributed by atoms with Crippen LogP contribution in [0.3, 0.4) is 0 Å². The van der Waals surface area contributed by atoms with Gasteiger partial charge in [-0.25, -0.2) is 4.39 Å². The summed E-state index contributed by atoms with van der Waals surface area (Å²) in [6, 6.07) is 5.04. The first-order valence-corrected chi connectivity index (χ1v) is 4.51. The van der Waals surface area contributed by atoms with Crippen LogP contribution in [-0.4, -0.2) is 4.98 Å². The fraction of sp³-hybridized carbons (Fsp3) is 0.273. The number of aromatic nitrogens is 1. The normalized spacial score (nSPS) is 9.54. The topological polar surface area (TPSA) is 15.8 Å².